The largest absolute Gasteiger partial charge is 0.236 e. The van der Waals surface area contributed by atoms with E-state index in [9.17, 15) is 0 Å². The van der Waals surface area contributed by atoms with E-state index in [-0.39, 0.29) is 16.1 Å². The van der Waals surface area contributed by atoms with Crippen LogP contribution in [0.4, 0.5) is 5.69 Å². The second kappa shape index (κ2) is 4.94. The maximum atomic E-state index is 9.05. The normalized spacial score (nSPS) is 13.2. The van der Waals surface area contributed by atoms with Crippen LogP contribution in [0.15, 0.2) is 28.5 Å². The zero-order chi connectivity index (χ0) is 14.3. The number of benzene rings is 1. The molecule has 0 bridgehead atoms. The highest BCUT2D eigenvalue weighted by molar-refractivity contribution is 6.40. The molecule has 6 nitrogen and oxygen atoms in total. The predicted molar refractivity (Wildman–Crippen MR) is 74.9 cm³/mol. The Morgan fingerprint density at radius 3 is 2.80 bits per heavy atom. The average Bonchev–Trinajstić information content (AvgIpc) is 2.74. The van der Waals surface area contributed by atoms with Crippen LogP contribution in [0.2, 0.25) is 15.3 Å². The number of fused-ring (bicyclic) bond motifs is 1. The summed E-state index contributed by atoms with van der Waals surface area (Å²) >= 11 is 17.7. The third-order valence-corrected chi connectivity index (χ3v) is 3.64. The fourth-order valence-corrected chi connectivity index (χ4v) is 2.34. The van der Waals surface area contributed by atoms with E-state index in [1.807, 2.05) is 12.1 Å². The van der Waals surface area contributed by atoms with Crippen molar-refractivity contribution < 1.29 is 0 Å². The molecule has 1 aromatic carbocycles. The van der Waals surface area contributed by atoms with E-state index in [1.54, 1.807) is 12.1 Å². The minimum Gasteiger partial charge on any atom is -0.204 e. The van der Waals surface area contributed by atoms with Crippen molar-refractivity contribution in [3.63, 3.8) is 0 Å². The number of hydrogen-bond acceptors (Lipinski definition) is 5. The highest BCUT2D eigenvalue weighted by Crippen LogP contribution is 2.31. The van der Waals surface area contributed by atoms with Gasteiger partial charge in [0.1, 0.15) is 6.07 Å². The molecule has 3 rings (SSSR count). The van der Waals surface area contributed by atoms with E-state index in [2.05, 4.69) is 15.3 Å². The zero-order valence-corrected chi connectivity index (χ0v) is 12.0. The molecular weight excluding hydrogens is 323 g/mol. The Balaban J connectivity index is 2.04. The summed E-state index contributed by atoms with van der Waals surface area (Å²) in [5, 5.41) is 19.2. The molecule has 1 aromatic heterocycles. The van der Waals surface area contributed by atoms with Gasteiger partial charge in [-0.3, -0.25) is 0 Å². The van der Waals surface area contributed by atoms with Gasteiger partial charge in [-0.1, -0.05) is 40.9 Å². The lowest BCUT2D eigenvalue weighted by atomic mass is 10.2. The van der Waals surface area contributed by atoms with Gasteiger partial charge in [-0.05, 0) is 17.4 Å². The standard InChI is InChI=1S/C11H5Cl3N6/c12-7-2-1-6-5-19(18-17-8(6)3-7)20-9(4-15)16-10(13)11(20)14/h1-3H,5H2. The Kier molecular flexibility index (Phi) is 3.26. The molecule has 0 radical (unpaired) electrons. The summed E-state index contributed by atoms with van der Waals surface area (Å²) in [5.41, 5.74) is 1.57. The Hall–Kier alpha value is -1.81. The highest BCUT2D eigenvalue weighted by Gasteiger charge is 2.22. The topological polar surface area (TPSA) is 69.6 Å². The van der Waals surface area contributed by atoms with Gasteiger partial charge in [-0.2, -0.15) is 15.1 Å². The monoisotopic (exact) mass is 326 g/mol. The Morgan fingerprint density at radius 2 is 2.05 bits per heavy atom. The summed E-state index contributed by atoms with van der Waals surface area (Å²) in [4.78, 5) is 3.84. The van der Waals surface area contributed by atoms with E-state index in [1.165, 1.54) is 9.79 Å². The van der Waals surface area contributed by atoms with Crippen molar-refractivity contribution in [3.05, 3.63) is 44.9 Å². The second-order valence-electron chi connectivity index (χ2n) is 3.93. The maximum absolute atomic E-state index is 9.05. The highest BCUT2D eigenvalue weighted by atomic mass is 35.5. The van der Waals surface area contributed by atoms with E-state index < -0.39 is 0 Å². The van der Waals surface area contributed by atoms with Gasteiger partial charge >= 0.3 is 0 Å². The maximum Gasteiger partial charge on any atom is 0.236 e. The molecule has 2 aromatic rings. The molecule has 2 heterocycles. The van der Waals surface area contributed by atoms with E-state index >= 15 is 0 Å². The van der Waals surface area contributed by atoms with Crippen molar-refractivity contribution in [1.82, 2.24) is 9.66 Å². The summed E-state index contributed by atoms with van der Waals surface area (Å²) < 4.78 is 1.31. The van der Waals surface area contributed by atoms with E-state index in [0.29, 0.717) is 17.3 Å². The molecule has 9 heteroatoms. The first kappa shape index (κ1) is 13.2. The fraction of sp³-hybridized carbons (Fsp3) is 0.0909. The second-order valence-corrected chi connectivity index (χ2v) is 5.09. The first-order chi connectivity index (χ1) is 9.60. The summed E-state index contributed by atoms with van der Waals surface area (Å²) in [6.45, 7) is 0.372. The zero-order valence-electron chi connectivity index (χ0n) is 9.76. The first-order valence-corrected chi connectivity index (χ1v) is 6.55. The number of hydrogen-bond donors (Lipinski definition) is 0. The molecule has 0 saturated heterocycles. The lowest BCUT2D eigenvalue weighted by Gasteiger charge is -2.23. The van der Waals surface area contributed by atoms with Crippen LogP contribution in [0.25, 0.3) is 0 Å². The summed E-state index contributed by atoms with van der Waals surface area (Å²) in [5.74, 6) is 0.0383. The molecule has 0 atom stereocenters. The molecule has 0 amide bonds. The average molecular weight is 328 g/mol. The fourth-order valence-electron chi connectivity index (χ4n) is 1.81. The van der Waals surface area contributed by atoms with Crippen LogP contribution in [-0.2, 0) is 6.54 Å². The number of nitrogens with zero attached hydrogens (tertiary/aromatic N) is 6. The molecule has 0 N–H and O–H groups in total. The number of halogens is 3. The molecule has 0 fully saturated rings. The van der Waals surface area contributed by atoms with Crippen molar-refractivity contribution in [1.29, 1.82) is 5.26 Å². The van der Waals surface area contributed by atoms with Gasteiger partial charge in [-0.15, -0.1) is 5.11 Å². The summed E-state index contributed by atoms with van der Waals surface area (Å²) in [7, 11) is 0. The van der Waals surface area contributed by atoms with E-state index in [4.69, 9.17) is 40.1 Å². The Labute approximate surface area is 128 Å². The summed E-state index contributed by atoms with van der Waals surface area (Å²) in [6, 6.07) is 7.21. The molecule has 1 aliphatic rings. The number of imidazole rings is 1. The van der Waals surface area contributed by atoms with Gasteiger partial charge in [0.05, 0.1) is 12.2 Å². The molecule has 100 valence electrons. The lowest BCUT2D eigenvalue weighted by Crippen LogP contribution is -2.31. The summed E-state index contributed by atoms with van der Waals surface area (Å²) in [6.07, 6.45) is 0. The molecule has 0 unspecified atom stereocenters. The van der Waals surface area contributed by atoms with Crippen LogP contribution >= 0.6 is 34.8 Å². The van der Waals surface area contributed by atoms with Crippen molar-refractivity contribution in [3.8, 4) is 6.07 Å². The van der Waals surface area contributed by atoms with Crippen LogP contribution in [0.3, 0.4) is 0 Å². The third-order valence-electron chi connectivity index (χ3n) is 2.71. The minimum atomic E-state index is 0.0383. The molecule has 1 aliphatic heterocycles. The SMILES string of the molecule is N#Cc1nc(Cl)c(Cl)n1N1Cc2ccc(Cl)cc2N=N1. The Bertz CT molecular complexity index is 760. The molecular formula is C11H5Cl3N6. The predicted octanol–water partition coefficient (Wildman–Crippen LogP) is 3.87. The van der Waals surface area contributed by atoms with Crippen LogP contribution in [0.5, 0.6) is 0 Å². The van der Waals surface area contributed by atoms with Gasteiger partial charge in [-0.25, -0.2) is 4.98 Å². The Morgan fingerprint density at radius 1 is 1.25 bits per heavy atom. The van der Waals surface area contributed by atoms with Gasteiger partial charge in [0.2, 0.25) is 5.82 Å². The van der Waals surface area contributed by atoms with Gasteiger partial charge in [0.15, 0.2) is 10.3 Å². The van der Waals surface area contributed by atoms with E-state index in [0.717, 1.165) is 5.56 Å². The van der Waals surface area contributed by atoms with Crippen LogP contribution in [-0.4, -0.2) is 9.66 Å². The van der Waals surface area contributed by atoms with Gasteiger partial charge in [0.25, 0.3) is 0 Å². The number of rotatable bonds is 1. The molecule has 0 aliphatic carbocycles. The smallest absolute Gasteiger partial charge is 0.204 e. The van der Waals surface area contributed by atoms with Gasteiger partial charge in [0, 0.05) is 10.6 Å². The molecule has 0 spiro atoms. The third kappa shape index (κ3) is 2.10. The van der Waals surface area contributed by atoms with Crippen molar-refractivity contribution >= 4 is 40.5 Å². The van der Waals surface area contributed by atoms with Gasteiger partial charge < -0.3 is 0 Å². The number of nitriles is 1. The van der Waals surface area contributed by atoms with Crippen molar-refractivity contribution in [2.45, 2.75) is 6.54 Å². The lowest BCUT2D eigenvalue weighted by molar-refractivity contribution is 0.562. The van der Waals surface area contributed by atoms with Crippen LogP contribution < -0.4 is 5.12 Å². The minimum absolute atomic E-state index is 0.0383. The first-order valence-electron chi connectivity index (χ1n) is 5.42. The molecule has 0 saturated carbocycles. The molecule has 20 heavy (non-hydrogen) atoms. The quantitative estimate of drug-likeness (QED) is 0.798. The van der Waals surface area contributed by atoms with Crippen molar-refractivity contribution in [2.24, 2.45) is 10.3 Å². The van der Waals surface area contributed by atoms with Crippen LogP contribution in [0, 0.1) is 11.3 Å². The van der Waals surface area contributed by atoms with Crippen molar-refractivity contribution in [2.75, 3.05) is 5.12 Å². The number of aromatic nitrogens is 2. The van der Waals surface area contributed by atoms with Crippen LogP contribution in [0.1, 0.15) is 11.4 Å².